The Bertz CT molecular complexity index is 779. The first-order valence-corrected chi connectivity index (χ1v) is 8.49. The highest BCUT2D eigenvalue weighted by Crippen LogP contribution is 2.32. The summed E-state index contributed by atoms with van der Waals surface area (Å²) in [7, 11) is 0. The maximum Gasteiger partial charge on any atom is 0.0564 e. The smallest absolute Gasteiger partial charge is 0.0564 e. The lowest BCUT2D eigenvalue weighted by molar-refractivity contribution is 0.584. The predicted octanol–water partition coefficient (Wildman–Crippen LogP) is 6.41. The molecule has 0 spiro atoms. The molecule has 0 amide bonds. The second-order valence-electron chi connectivity index (χ2n) is 6.03. The van der Waals surface area contributed by atoms with E-state index in [1.54, 1.807) is 0 Å². The standard InChI is InChI=1S/C21H25N/c1-3-5-6-7-10-16-22-20-15-9-8-13-18(20)19-14-11-12-17(4-2)21(19)22/h4,8-9,11-15H,2-3,5-7,10,16H2,1H3. The van der Waals surface area contributed by atoms with E-state index < -0.39 is 0 Å². The zero-order chi connectivity index (χ0) is 15.4. The summed E-state index contributed by atoms with van der Waals surface area (Å²) in [5.74, 6) is 0. The van der Waals surface area contributed by atoms with Crippen molar-refractivity contribution in [1.29, 1.82) is 0 Å². The Kier molecular flexibility index (Phi) is 4.62. The lowest BCUT2D eigenvalue weighted by Gasteiger charge is -2.09. The summed E-state index contributed by atoms with van der Waals surface area (Å²) in [6.45, 7) is 7.36. The van der Waals surface area contributed by atoms with E-state index in [2.05, 4.69) is 60.5 Å². The summed E-state index contributed by atoms with van der Waals surface area (Å²) in [4.78, 5) is 0. The molecule has 0 fully saturated rings. The van der Waals surface area contributed by atoms with Gasteiger partial charge >= 0.3 is 0 Å². The van der Waals surface area contributed by atoms with Crippen molar-refractivity contribution in [3.63, 3.8) is 0 Å². The first-order chi connectivity index (χ1) is 10.9. The molecule has 22 heavy (non-hydrogen) atoms. The Morgan fingerprint density at radius 2 is 1.68 bits per heavy atom. The van der Waals surface area contributed by atoms with E-state index >= 15 is 0 Å². The lowest BCUT2D eigenvalue weighted by atomic mass is 10.1. The Morgan fingerprint density at radius 1 is 0.909 bits per heavy atom. The molecule has 0 atom stereocenters. The normalized spacial score (nSPS) is 11.3. The fourth-order valence-electron chi connectivity index (χ4n) is 3.41. The number of hydrogen-bond donors (Lipinski definition) is 0. The van der Waals surface area contributed by atoms with Gasteiger partial charge in [-0.15, -0.1) is 0 Å². The third-order valence-corrected chi connectivity index (χ3v) is 4.53. The van der Waals surface area contributed by atoms with Gasteiger partial charge < -0.3 is 4.57 Å². The summed E-state index contributed by atoms with van der Waals surface area (Å²) in [6.07, 6.45) is 8.55. The fraction of sp³-hybridized carbons (Fsp3) is 0.333. The van der Waals surface area contributed by atoms with Crippen molar-refractivity contribution in [1.82, 2.24) is 4.57 Å². The molecule has 0 radical (unpaired) electrons. The minimum Gasteiger partial charge on any atom is -0.340 e. The van der Waals surface area contributed by atoms with Gasteiger partial charge in [0.1, 0.15) is 0 Å². The van der Waals surface area contributed by atoms with E-state index in [1.807, 2.05) is 6.08 Å². The van der Waals surface area contributed by atoms with E-state index in [0.717, 1.165) is 6.54 Å². The van der Waals surface area contributed by atoms with Crippen LogP contribution in [0.2, 0.25) is 0 Å². The molecule has 1 nitrogen and oxygen atoms in total. The highest BCUT2D eigenvalue weighted by Gasteiger charge is 2.11. The molecule has 0 unspecified atom stereocenters. The molecule has 0 aliphatic carbocycles. The van der Waals surface area contributed by atoms with Gasteiger partial charge in [0, 0.05) is 22.8 Å². The quantitative estimate of drug-likeness (QED) is 0.443. The van der Waals surface area contributed by atoms with Crippen LogP contribution in [-0.2, 0) is 6.54 Å². The van der Waals surface area contributed by atoms with Gasteiger partial charge in [-0.3, -0.25) is 0 Å². The van der Waals surface area contributed by atoms with Gasteiger partial charge in [-0.05, 0) is 18.1 Å². The SMILES string of the molecule is C=Cc1cccc2c3ccccc3n(CCCCCCC)c12. The van der Waals surface area contributed by atoms with E-state index in [1.165, 1.54) is 59.5 Å². The first-order valence-electron chi connectivity index (χ1n) is 8.49. The Hall–Kier alpha value is -2.02. The predicted molar refractivity (Wildman–Crippen MR) is 98.3 cm³/mol. The molecule has 3 aromatic rings. The van der Waals surface area contributed by atoms with Crippen LogP contribution in [0.5, 0.6) is 0 Å². The zero-order valence-corrected chi connectivity index (χ0v) is 13.5. The topological polar surface area (TPSA) is 4.93 Å². The molecule has 0 saturated heterocycles. The zero-order valence-electron chi connectivity index (χ0n) is 13.5. The number of benzene rings is 2. The monoisotopic (exact) mass is 291 g/mol. The lowest BCUT2D eigenvalue weighted by Crippen LogP contribution is -1.99. The average molecular weight is 291 g/mol. The average Bonchev–Trinajstić information content (AvgIpc) is 2.89. The van der Waals surface area contributed by atoms with Crippen LogP contribution in [0.15, 0.2) is 49.0 Å². The van der Waals surface area contributed by atoms with Crippen molar-refractivity contribution in [3.8, 4) is 0 Å². The minimum atomic E-state index is 1.10. The molecule has 1 aromatic heterocycles. The highest BCUT2D eigenvalue weighted by atomic mass is 15.0. The summed E-state index contributed by atoms with van der Waals surface area (Å²) in [5, 5.41) is 2.70. The van der Waals surface area contributed by atoms with Crippen LogP contribution < -0.4 is 0 Å². The molecule has 0 saturated carbocycles. The van der Waals surface area contributed by atoms with Crippen molar-refractivity contribution in [2.75, 3.05) is 0 Å². The molecule has 2 aromatic carbocycles. The largest absolute Gasteiger partial charge is 0.340 e. The molecule has 0 bridgehead atoms. The summed E-state index contributed by atoms with van der Waals surface area (Å²) >= 11 is 0. The second-order valence-corrected chi connectivity index (χ2v) is 6.03. The molecule has 0 aliphatic heterocycles. The van der Waals surface area contributed by atoms with Gasteiger partial charge in [-0.2, -0.15) is 0 Å². The number of rotatable bonds is 7. The van der Waals surface area contributed by atoms with Gasteiger partial charge in [0.25, 0.3) is 0 Å². The number of nitrogens with zero attached hydrogens (tertiary/aromatic N) is 1. The number of unbranched alkanes of at least 4 members (excludes halogenated alkanes) is 4. The summed E-state index contributed by atoms with van der Waals surface area (Å²) in [5.41, 5.74) is 3.93. The molecule has 114 valence electrons. The van der Waals surface area contributed by atoms with Crippen molar-refractivity contribution < 1.29 is 0 Å². The number of hydrogen-bond acceptors (Lipinski definition) is 0. The van der Waals surface area contributed by atoms with Crippen molar-refractivity contribution in [2.24, 2.45) is 0 Å². The Balaban J connectivity index is 2.03. The number of fused-ring (bicyclic) bond motifs is 3. The van der Waals surface area contributed by atoms with Gasteiger partial charge in [0.05, 0.1) is 5.52 Å². The van der Waals surface area contributed by atoms with Crippen LogP contribution in [0.1, 0.15) is 44.6 Å². The third kappa shape index (κ3) is 2.68. The molecule has 3 rings (SSSR count). The Morgan fingerprint density at radius 3 is 2.50 bits per heavy atom. The van der Waals surface area contributed by atoms with Crippen LogP contribution in [0.4, 0.5) is 0 Å². The number of para-hydroxylation sites is 2. The molecular weight excluding hydrogens is 266 g/mol. The summed E-state index contributed by atoms with van der Waals surface area (Å²) < 4.78 is 2.49. The van der Waals surface area contributed by atoms with E-state index in [0.29, 0.717) is 0 Å². The van der Waals surface area contributed by atoms with Crippen molar-refractivity contribution >= 4 is 27.9 Å². The Labute approximate surface area is 133 Å². The summed E-state index contributed by atoms with van der Waals surface area (Å²) in [6, 6.07) is 15.3. The van der Waals surface area contributed by atoms with Crippen molar-refractivity contribution in [2.45, 2.75) is 45.6 Å². The van der Waals surface area contributed by atoms with Crippen LogP contribution in [0.25, 0.3) is 27.9 Å². The van der Waals surface area contributed by atoms with E-state index in [-0.39, 0.29) is 0 Å². The van der Waals surface area contributed by atoms with Gasteiger partial charge in [0.2, 0.25) is 0 Å². The van der Waals surface area contributed by atoms with E-state index in [4.69, 9.17) is 0 Å². The molecule has 0 N–H and O–H groups in total. The van der Waals surface area contributed by atoms with Crippen LogP contribution in [0.3, 0.4) is 0 Å². The first kappa shape index (κ1) is 14.9. The third-order valence-electron chi connectivity index (χ3n) is 4.53. The van der Waals surface area contributed by atoms with Crippen molar-refractivity contribution in [3.05, 3.63) is 54.6 Å². The second kappa shape index (κ2) is 6.83. The van der Waals surface area contributed by atoms with Crippen LogP contribution in [0, 0.1) is 0 Å². The molecule has 1 heterocycles. The van der Waals surface area contributed by atoms with Gasteiger partial charge in [-0.25, -0.2) is 0 Å². The molecule has 1 heteroatoms. The van der Waals surface area contributed by atoms with Gasteiger partial charge in [-0.1, -0.05) is 81.7 Å². The van der Waals surface area contributed by atoms with E-state index in [9.17, 15) is 0 Å². The minimum absolute atomic E-state index is 1.10. The van der Waals surface area contributed by atoms with Crippen LogP contribution in [-0.4, -0.2) is 4.57 Å². The van der Waals surface area contributed by atoms with Crippen LogP contribution >= 0.6 is 0 Å². The van der Waals surface area contributed by atoms with Gasteiger partial charge in [0.15, 0.2) is 0 Å². The molecular formula is C21H25N. The highest BCUT2D eigenvalue weighted by molar-refractivity contribution is 6.10. The fourth-order valence-corrected chi connectivity index (χ4v) is 3.41. The maximum absolute atomic E-state index is 4.00. The molecule has 0 aliphatic rings. The number of aromatic nitrogens is 1. The maximum atomic E-state index is 4.00. The number of aryl methyl sites for hydroxylation is 1.